The second kappa shape index (κ2) is 20.7. The van der Waals surface area contributed by atoms with Crippen LogP contribution in [0.25, 0.3) is 0 Å². The molecule has 0 atom stereocenters. The summed E-state index contributed by atoms with van der Waals surface area (Å²) in [6.07, 6.45) is 13.1. The topological polar surface area (TPSA) is 185 Å². The molecule has 0 spiro atoms. The smallest absolute Gasteiger partial charge is 0.748 e. The number of unbranched alkanes of at least 4 members (excludes halogenated alkanes) is 2. The van der Waals surface area contributed by atoms with Gasteiger partial charge in [0.2, 0.25) is 0 Å². The summed E-state index contributed by atoms with van der Waals surface area (Å²) in [5.41, 5.74) is 6.32. The Kier molecular flexibility index (Phi) is 18.8. The van der Waals surface area contributed by atoms with Gasteiger partial charge < -0.3 is 14.0 Å². The molecule has 1 aromatic heterocycles. The van der Waals surface area contributed by atoms with E-state index in [1.165, 1.54) is 0 Å². The molecule has 3 heterocycles. The molecular weight excluding hydrogens is 831 g/mol. The molecule has 1 aliphatic carbocycles. The minimum absolute atomic E-state index is 0. The minimum atomic E-state index is -4.26. The Morgan fingerprint density at radius 2 is 1.53 bits per heavy atom. The van der Waals surface area contributed by atoms with Gasteiger partial charge >= 0.3 is 75.5 Å². The first-order chi connectivity index (χ1) is 24.6. The molecule has 0 unspecified atom stereocenters. The molecule has 55 heavy (non-hydrogen) atoms. The van der Waals surface area contributed by atoms with Gasteiger partial charge in [-0.15, -0.1) is 24.3 Å². The molecule has 0 bridgehead atoms. The summed E-state index contributed by atoms with van der Waals surface area (Å²) in [5, 5.41) is 1.25. The maximum Gasteiger partial charge on any atom is 1.00 e. The molecule has 0 fully saturated rings. The van der Waals surface area contributed by atoms with Crippen LogP contribution in [0.4, 0.5) is 11.5 Å². The fourth-order valence-corrected chi connectivity index (χ4v) is 8.43. The van der Waals surface area contributed by atoms with Crippen LogP contribution in [0.15, 0.2) is 81.6 Å². The monoisotopic (exact) mass is 871 g/mol. The summed E-state index contributed by atoms with van der Waals surface area (Å²) in [7, 11) is -11.6. The van der Waals surface area contributed by atoms with E-state index in [0.29, 0.717) is 42.4 Å². The number of hydrogen-bond acceptors (Lipinski definition) is 11. The largest absolute Gasteiger partial charge is 1.00 e. The molecule has 0 radical (unpaired) electrons. The van der Waals surface area contributed by atoms with Crippen molar-refractivity contribution in [3.8, 4) is 0 Å². The van der Waals surface area contributed by atoms with Crippen LogP contribution >= 0.6 is 23.2 Å². The Morgan fingerprint density at radius 3 is 2.15 bits per heavy atom. The average Bonchev–Trinajstić information content (AvgIpc) is 3.59. The Bertz CT molecular complexity index is 2250. The van der Waals surface area contributed by atoms with Crippen molar-refractivity contribution in [2.24, 2.45) is 4.99 Å². The fraction of sp³-hybridized carbons (Fsp3) is 0.444. The van der Waals surface area contributed by atoms with E-state index in [1.807, 2.05) is 41.0 Å². The van der Waals surface area contributed by atoms with E-state index in [-0.39, 0.29) is 76.7 Å². The van der Waals surface area contributed by atoms with Crippen molar-refractivity contribution in [3.05, 3.63) is 98.9 Å². The van der Waals surface area contributed by atoms with E-state index >= 15 is 0 Å². The fourth-order valence-electron chi connectivity index (χ4n) is 6.78. The second-order valence-corrected chi connectivity index (χ2v) is 18.3. The third kappa shape index (κ3) is 13.4. The third-order valence-corrected chi connectivity index (χ3v) is 11.8. The number of benzene rings is 1. The number of nitrogens with zero attached hydrogens (tertiary/aromatic N) is 3. The second-order valence-electron chi connectivity index (χ2n) is 14.0. The minimum Gasteiger partial charge on any atom is -0.748 e. The summed E-state index contributed by atoms with van der Waals surface area (Å²) in [5.74, 6) is -0.0155. The van der Waals surface area contributed by atoms with Gasteiger partial charge in [-0.3, -0.25) is 0 Å². The zero-order valence-corrected chi connectivity index (χ0v) is 39.7. The van der Waals surface area contributed by atoms with Crippen LogP contribution in [0.2, 0.25) is 5.02 Å². The van der Waals surface area contributed by atoms with E-state index in [9.17, 15) is 25.9 Å². The number of rotatable bonds is 13. The Hall–Kier alpha value is -1.18. The van der Waals surface area contributed by atoms with Crippen LogP contribution in [-0.2, 0) is 48.2 Å². The molecule has 1 aromatic carbocycles. The van der Waals surface area contributed by atoms with Crippen molar-refractivity contribution in [2.75, 3.05) is 23.0 Å². The summed E-state index contributed by atoms with van der Waals surface area (Å²) in [6, 6.07) is 11.0. The van der Waals surface area contributed by atoms with E-state index < -0.39 is 42.0 Å². The molecule has 0 amide bonds. The van der Waals surface area contributed by atoms with Crippen LogP contribution in [-0.4, -0.2) is 62.3 Å². The molecule has 2 aliphatic heterocycles. The van der Waals surface area contributed by atoms with Crippen molar-refractivity contribution in [1.82, 2.24) is 0 Å². The van der Waals surface area contributed by atoms with Gasteiger partial charge in [0.05, 0.1) is 42.8 Å². The van der Waals surface area contributed by atoms with Gasteiger partial charge in [0.25, 0.3) is 0 Å². The van der Waals surface area contributed by atoms with Crippen molar-refractivity contribution < 1.29 is 102 Å². The number of fused-ring (bicyclic) bond motifs is 2. The summed E-state index contributed by atoms with van der Waals surface area (Å²) < 4.78 is 93.8. The molecule has 3 aliphatic rings. The molecule has 19 heteroatoms. The summed E-state index contributed by atoms with van der Waals surface area (Å²) in [4.78, 5) is 7.16. The Balaban J connectivity index is 0.00000166. The first-order valence-electron chi connectivity index (χ1n) is 16.8. The number of aryl methyl sites for hydroxylation is 1. The summed E-state index contributed by atoms with van der Waals surface area (Å²) >= 11 is 13.4. The first-order valence-corrected chi connectivity index (χ1v) is 21.8. The number of aliphatic imine (C=N–C) groups is 1. The van der Waals surface area contributed by atoms with Crippen molar-refractivity contribution in [1.29, 1.82) is 0 Å². The van der Waals surface area contributed by atoms with Gasteiger partial charge in [0.1, 0.15) is 6.20 Å². The number of allylic oxidation sites excluding steroid dienone is 8. The van der Waals surface area contributed by atoms with E-state index in [4.69, 9.17) is 40.8 Å². The number of aromatic nitrogens is 1. The SMILES string of the molecule is CC1(C)C(=CC=C2CCC(C=CC3=Nc4c(cc(Cl)c[n+]4CCCCS(=O)(=O)[O-])C3(C)C)=C2Cl)N(CCCCS(=O)(=O)[O-])c2cc[c-]cc21.O=S(=O)=O.[Na+].[Na+]. The van der Waals surface area contributed by atoms with Crippen molar-refractivity contribution in [3.63, 3.8) is 0 Å². The molecule has 12 nitrogen and oxygen atoms in total. The van der Waals surface area contributed by atoms with Crippen LogP contribution < -0.4 is 68.6 Å². The number of hydrogen-bond donors (Lipinski definition) is 0. The predicted octanol–water partition coefficient (Wildman–Crippen LogP) is -0.103. The zero-order valence-electron chi connectivity index (χ0n) is 31.8. The zero-order chi connectivity index (χ0) is 39.4. The molecule has 0 saturated carbocycles. The summed E-state index contributed by atoms with van der Waals surface area (Å²) in [6.45, 7) is 9.54. The molecule has 0 N–H and O–H groups in total. The van der Waals surface area contributed by atoms with Gasteiger partial charge in [-0.2, -0.15) is 18.2 Å². The molecule has 2 aromatic rings. The number of halogens is 2. The van der Waals surface area contributed by atoms with Gasteiger partial charge in [0.15, 0.2) is 5.71 Å². The quantitative estimate of drug-likeness (QED) is 0.0866. The van der Waals surface area contributed by atoms with Gasteiger partial charge in [-0.1, -0.05) is 54.9 Å². The van der Waals surface area contributed by atoms with Gasteiger partial charge in [-0.25, -0.2) is 21.4 Å². The van der Waals surface area contributed by atoms with E-state index in [0.717, 1.165) is 58.0 Å². The van der Waals surface area contributed by atoms with Gasteiger partial charge in [0, 0.05) is 28.8 Å². The first kappa shape index (κ1) is 50.0. The van der Waals surface area contributed by atoms with Gasteiger partial charge in [-0.05, 0) is 92.1 Å². The standard InChI is InChI=1S/C36H43Cl2N3O6S2.2Na.O3S/c1-35(2)29-23-27(37)24-40(19-7-9-21-48(42,43)44)34(29)39-31(35)17-15-25-13-14-26(33(25)38)16-18-32-36(3,4)28-11-5-6-12-30(28)41(32)20-8-10-22-49(45,46)47;;;1-4(2)3/h6,11-12,15-18,23-24H,7-10,13-14,19-22H2,1-4H3,(H,42,43,44)(H,45,46,47);;;/q;2*+1;/p-2. The van der Waals surface area contributed by atoms with Crippen LogP contribution in [0.5, 0.6) is 0 Å². The van der Waals surface area contributed by atoms with Crippen LogP contribution in [0.3, 0.4) is 0 Å². The predicted molar refractivity (Wildman–Crippen MR) is 202 cm³/mol. The number of pyridine rings is 1. The van der Waals surface area contributed by atoms with Crippen LogP contribution in [0, 0.1) is 6.07 Å². The normalized spacial score (nSPS) is 18.4. The third-order valence-electron chi connectivity index (χ3n) is 9.53. The number of anilines is 1. The Labute approximate surface area is 380 Å². The van der Waals surface area contributed by atoms with E-state index in [2.05, 4.69) is 50.8 Å². The average molecular weight is 873 g/mol. The van der Waals surface area contributed by atoms with E-state index in [1.54, 1.807) is 6.20 Å². The molecular formula is C36H41Cl2N3Na2O9S3. The molecule has 0 saturated heterocycles. The van der Waals surface area contributed by atoms with Crippen molar-refractivity contribution >= 4 is 71.3 Å². The Morgan fingerprint density at radius 1 is 0.909 bits per heavy atom. The van der Waals surface area contributed by atoms with Crippen LogP contribution in [0.1, 0.15) is 77.3 Å². The van der Waals surface area contributed by atoms with Crippen molar-refractivity contribution in [2.45, 2.75) is 83.6 Å². The molecule has 5 rings (SSSR count). The maximum atomic E-state index is 11.1. The maximum absolute atomic E-state index is 11.1. The molecule has 288 valence electrons.